The quantitative estimate of drug-likeness (QED) is 0.722. The summed E-state index contributed by atoms with van der Waals surface area (Å²) in [6.07, 6.45) is 5.29. The summed E-state index contributed by atoms with van der Waals surface area (Å²) in [4.78, 5) is 0.230. The molecule has 2 N–H and O–H groups in total. The van der Waals surface area contributed by atoms with Gasteiger partial charge in [-0.2, -0.15) is 5.10 Å². The molecule has 0 aliphatic carbocycles. The number of nitrogens with one attached hydrogen (secondary N) is 2. The lowest BCUT2D eigenvalue weighted by Gasteiger charge is -2.30. The van der Waals surface area contributed by atoms with E-state index in [-0.39, 0.29) is 10.4 Å². The first-order valence-corrected chi connectivity index (χ1v) is 8.62. The lowest BCUT2D eigenvalue weighted by atomic mass is 9.91. The number of nitrogens with zero attached hydrogens (tertiary/aromatic N) is 2. The highest BCUT2D eigenvalue weighted by atomic mass is 32.2. The largest absolute Gasteiger partial charge is 0.318 e. The number of hydrogen-bond acceptors (Lipinski definition) is 4. The van der Waals surface area contributed by atoms with Gasteiger partial charge in [0.25, 0.3) is 0 Å². The Balaban J connectivity index is 2.90. The molecule has 0 unspecified atom stereocenters. The number of likely N-dealkylation sites (N-methyl/N-ethyl adjacent to an activating group) is 1. The van der Waals surface area contributed by atoms with Crippen molar-refractivity contribution in [1.82, 2.24) is 19.8 Å². The maximum Gasteiger partial charge on any atom is 0.244 e. The predicted octanol–water partition coefficient (Wildman–Crippen LogP) is 1.35. The van der Waals surface area contributed by atoms with Crippen molar-refractivity contribution in [1.29, 1.82) is 0 Å². The van der Waals surface area contributed by atoms with Crippen LogP contribution in [-0.4, -0.2) is 37.3 Å². The first-order valence-electron chi connectivity index (χ1n) is 7.14. The molecule has 1 aromatic rings. The smallest absolute Gasteiger partial charge is 0.244 e. The molecule has 6 nitrogen and oxygen atoms in total. The molecule has 0 radical (unpaired) electrons. The second-order valence-corrected chi connectivity index (χ2v) is 6.67. The zero-order valence-corrected chi connectivity index (χ0v) is 13.6. The first-order chi connectivity index (χ1) is 9.43. The third-order valence-corrected chi connectivity index (χ3v) is 5.43. The molecule has 1 aromatic heterocycles. The molecule has 0 aromatic carbocycles. The van der Waals surface area contributed by atoms with E-state index in [0.717, 1.165) is 25.8 Å². The summed E-state index contributed by atoms with van der Waals surface area (Å²) < 4.78 is 29.3. The minimum absolute atomic E-state index is 0.230. The van der Waals surface area contributed by atoms with Gasteiger partial charge in [0.05, 0.1) is 12.7 Å². The second-order valence-electron chi connectivity index (χ2n) is 4.99. The van der Waals surface area contributed by atoms with Crippen LogP contribution in [0.4, 0.5) is 0 Å². The van der Waals surface area contributed by atoms with Crippen LogP contribution in [0.25, 0.3) is 0 Å². The Hall–Kier alpha value is -0.920. The van der Waals surface area contributed by atoms with E-state index in [1.54, 1.807) is 10.9 Å². The first kappa shape index (κ1) is 17.1. The fourth-order valence-electron chi connectivity index (χ4n) is 2.14. The Kier molecular flexibility index (Phi) is 6.16. The van der Waals surface area contributed by atoms with Crippen LogP contribution in [-0.2, 0) is 16.6 Å². The van der Waals surface area contributed by atoms with E-state index in [2.05, 4.69) is 15.1 Å². The number of rotatable bonds is 9. The molecule has 0 atom stereocenters. The Labute approximate surface area is 122 Å². The highest BCUT2D eigenvalue weighted by Crippen LogP contribution is 2.22. The van der Waals surface area contributed by atoms with Gasteiger partial charge in [0.2, 0.25) is 10.0 Å². The third-order valence-electron chi connectivity index (χ3n) is 3.89. The molecule has 0 aliphatic heterocycles. The highest BCUT2D eigenvalue weighted by molar-refractivity contribution is 7.89. The average Bonchev–Trinajstić information content (AvgIpc) is 2.92. The van der Waals surface area contributed by atoms with E-state index in [9.17, 15) is 8.42 Å². The lowest BCUT2D eigenvalue weighted by Crippen LogP contribution is -2.46. The van der Waals surface area contributed by atoms with E-state index < -0.39 is 10.0 Å². The monoisotopic (exact) mass is 302 g/mol. The van der Waals surface area contributed by atoms with Gasteiger partial charge in [-0.25, -0.2) is 13.1 Å². The maximum atomic E-state index is 12.4. The fraction of sp³-hybridized carbons (Fsp3) is 0.769. The van der Waals surface area contributed by atoms with Gasteiger partial charge >= 0.3 is 0 Å². The van der Waals surface area contributed by atoms with Gasteiger partial charge < -0.3 is 5.32 Å². The molecular weight excluding hydrogens is 276 g/mol. The van der Waals surface area contributed by atoms with Crippen LogP contribution in [0.3, 0.4) is 0 Å². The normalized spacial score (nSPS) is 12.8. The van der Waals surface area contributed by atoms with Crippen LogP contribution < -0.4 is 10.0 Å². The summed E-state index contributed by atoms with van der Waals surface area (Å²) in [6.45, 7) is 7.41. The van der Waals surface area contributed by atoms with Gasteiger partial charge in [0.1, 0.15) is 4.90 Å². The molecule has 0 fully saturated rings. The number of sulfonamides is 1. The number of aromatic nitrogens is 2. The van der Waals surface area contributed by atoms with Crippen molar-refractivity contribution in [3.8, 4) is 0 Å². The molecule has 0 bridgehead atoms. The van der Waals surface area contributed by atoms with Crippen LogP contribution in [0.2, 0.25) is 0 Å². The molecule has 1 heterocycles. The van der Waals surface area contributed by atoms with Crippen molar-refractivity contribution in [2.45, 2.75) is 57.0 Å². The molecule has 0 saturated heterocycles. The summed E-state index contributed by atoms with van der Waals surface area (Å²) >= 11 is 0. The molecule has 20 heavy (non-hydrogen) atoms. The van der Waals surface area contributed by atoms with E-state index >= 15 is 0 Å². The van der Waals surface area contributed by atoms with Gasteiger partial charge in [-0.1, -0.05) is 20.8 Å². The Morgan fingerprint density at radius 1 is 1.25 bits per heavy atom. The zero-order chi connectivity index (χ0) is 15.2. The summed E-state index contributed by atoms with van der Waals surface area (Å²) in [7, 11) is -1.66. The summed E-state index contributed by atoms with van der Waals surface area (Å²) in [6, 6.07) is 0. The minimum atomic E-state index is -3.51. The molecular formula is C13H26N4O2S. The average molecular weight is 302 g/mol. The van der Waals surface area contributed by atoms with Gasteiger partial charge in [0, 0.05) is 18.3 Å². The van der Waals surface area contributed by atoms with Crippen LogP contribution in [0.5, 0.6) is 0 Å². The van der Waals surface area contributed by atoms with Gasteiger partial charge in [-0.05, 0) is 26.3 Å². The summed E-state index contributed by atoms with van der Waals surface area (Å²) in [5.74, 6) is 0. The highest BCUT2D eigenvalue weighted by Gasteiger charge is 2.30. The van der Waals surface area contributed by atoms with Gasteiger partial charge in [0.15, 0.2) is 0 Å². The van der Waals surface area contributed by atoms with Crippen LogP contribution in [0.15, 0.2) is 17.3 Å². The Bertz CT molecular complexity index is 498. The van der Waals surface area contributed by atoms with Crippen molar-refractivity contribution < 1.29 is 8.42 Å². The van der Waals surface area contributed by atoms with Crippen molar-refractivity contribution >= 4 is 10.0 Å². The molecule has 0 aliphatic rings. The van der Waals surface area contributed by atoms with Crippen molar-refractivity contribution in [2.75, 3.05) is 13.6 Å². The van der Waals surface area contributed by atoms with Crippen molar-refractivity contribution in [3.63, 3.8) is 0 Å². The molecule has 0 amide bonds. The second kappa shape index (κ2) is 7.19. The standard InChI is InChI=1S/C13H26N4O2S/c1-5-13(6-2,7-3)16-20(18,19)12-10-15-17(11-12)9-8-14-4/h10-11,14,16H,5-9H2,1-4H3. The van der Waals surface area contributed by atoms with Gasteiger partial charge in [-0.3, -0.25) is 4.68 Å². The summed E-state index contributed by atoms with van der Waals surface area (Å²) in [5, 5.41) is 7.09. The van der Waals surface area contributed by atoms with Crippen LogP contribution >= 0.6 is 0 Å². The Morgan fingerprint density at radius 2 is 1.85 bits per heavy atom. The Morgan fingerprint density at radius 3 is 2.35 bits per heavy atom. The fourth-order valence-corrected chi connectivity index (χ4v) is 3.71. The van der Waals surface area contributed by atoms with E-state index in [1.165, 1.54) is 6.20 Å². The molecule has 7 heteroatoms. The van der Waals surface area contributed by atoms with E-state index in [0.29, 0.717) is 6.54 Å². The molecule has 0 spiro atoms. The number of hydrogen-bond donors (Lipinski definition) is 2. The van der Waals surface area contributed by atoms with Crippen molar-refractivity contribution in [2.24, 2.45) is 0 Å². The summed E-state index contributed by atoms with van der Waals surface area (Å²) in [5.41, 5.74) is -0.369. The minimum Gasteiger partial charge on any atom is -0.318 e. The van der Waals surface area contributed by atoms with Crippen LogP contribution in [0.1, 0.15) is 40.0 Å². The maximum absolute atomic E-state index is 12.4. The lowest BCUT2D eigenvalue weighted by molar-refractivity contribution is 0.341. The van der Waals surface area contributed by atoms with Crippen LogP contribution in [0, 0.1) is 0 Å². The molecule has 0 saturated carbocycles. The third kappa shape index (κ3) is 4.04. The topological polar surface area (TPSA) is 76.0 Å². The van der Waals surface area contributed by atoms with E-state index in [1.807, 2.05) is 27.8 Å². The predicted molar refractivity (Wildman–Crippen MR) is 80.1 cm³/mol. The van der Waals surface area contributed by atoms with Gasteiger partial charge in [-0.15, -0.1) is 0 Å². The molecule has 116 valence electrons. The zero-order valence-electron chi connectivity index (χ0n) is 12.8. The van der Waals surface area contributed by atoms with Crippen molar-refractivity contribution in [3.05, 3.63) is 12.4 Å². The SMILES string of the molecule is CCC(CC)(CC)NS(=O)(=O)c1cnn(CCNC)c1. The van der Waals surface area contributed by atoms with E-state index in [4.69, 9.17) is 0 Å². The molecule has 1 rings (SSSR count).